The molecule has 2 heterocycles. The number of aromatic amines is 1. The number of nitrogens with two attached hydrogens (primary N) is 1. The first-order valence-electron chi connectivity index (χ1n) is 4.39. The van der Waals surface area contributed by atoms with Crippen molar-refractivity contribution in [3.63, 3.8) is 0 Å². The average molecular weight is 225 g/mol. The molecule has 1 aromatic heterocycles. The van der Waals surface area contributed by atoms with Gasteiger partial charge >= 0.3 is 0 Å². The molecule has 0 atom stereocenters. The number of nitrogens with one attached hydrogen (secondary N) is 2. The number of H-pyrrole nitrogens is 1. The van der Waals surface area contributed by atoms with Crippen molar-refractivity contribution in [1.82, 2.24) is 9.97 Å². The summed E-state index contributed by atoms with van der Waals surface area (Å²) in [6, 6.07) is 0. The minimum Gasteiger partial charge on any atom is -0.369 e. The first kappa shape index (κ1) is 10.0. The Labute approximate surface area is 90.4 Å². The van der Waals surface area contributed by atoms with Crippen LogP contribution in [-0.4, -0.2) is 34.2 Å². The molecular weight excluding hydrogens is 214 g/mol. The van der Waals surface area contributed by atoms with Crippen molar-refractivity contribution < 1.29 is 0 Å². The maximum atomic E-state index is 11.5. The molecule has 1 aromatic rings. The largest absolute Gasteiger partial charge is 0.369 e. The fraction of sp³-hybridized carbons (Fsp3) is 0.375. The zero-order chi connectivity index (χ0) is 10.8. The lowest BCUT2D eigenvalue weighted by Crippen LogP contribution is -2.24. The fourth-order valence-corrected chi connectivity index (χ4v) is 1.84. The first-order valence-corrected chi connectivity index (χ1v) is 5.79. The van der Waals surface area contributed by atoms with E-state index in [1.165, 1.54) is 0 Å². The number of rotatable bonds is 2. The van der Waals surface area contributed by atoms with E-state index < -0.39 is 0 Å². The van der Waals surface area contributed by atoms with Crippen molar-refractivity contribution in [2.45, 2.75) is 0 Å². The predicted octanol–water partition coefficient (Wildman–Crippen LogP) is 0.213. The zero-order valence-electron chi connectivity index (χ0n) is 8.20. The van der Waals surface area contributed by atoms with Gasteiger partial charge in [-0.25, -0.2) is 4.99 Å². The monoisotopic (exact) mass is 225 g/mol. The van der Waals surface area contributed by atoms with Gasteiger partial charge in [0.05, 0.1) is 6.54 Å². The smallest absolute Gasteiger partial charge is 0.280 e. The lowest BCUT2D eigenvalue weighted by atomic mass is 10.3. The highest BCUT2D eigenvalue weighted by molar-refractivity contribution is 7.99. The summed E-state index contributed by atoms with van der Waals surface area (Å²) in [6.07, 6.45) is 1.99. The van der Waals surface area contributed by atoms with Crippen LogP contribution >= 0.6 is 11.8 Å². The van der Waals surface area contributed by atoms with Gasteiger partial charge < -0.3 is 11.1 Å². The Morgan fingerprint density at radius 1 is 1.60 bits per heavy atom. The molecular formula is C8H11N5OS. The zero-order valence-corrected chi connectivity index (χ0v) is 9.02. The van der Waals surface area contributed by atoms with E-state index in [1.54, 1.807) is 11.8 Å². The molecule has 0 fully saturated rings. The van der Waals surface area contributed by atoms with Gasteiger partial charge in [-0.15, -0.1) is 0 Å². The van der Waals surface area contributed by atoms with Crippen LogP contribution in [0.25, 0.3) is 0 Å². The van der Waals surface area contributed by atoms with E-state index >= 15 is 0 Å². The van der Waals surface area contributed by atoms with Crippen LogP contribution in [0.15, 0.2) is 9.79 Å². The Morgan fingerprint density at radius 2 is 2.40 bits per heavy atom. The molecule has 0 aliphatic carbocycles. The van der Waals surface area contributed by atoms with Crippen LogP contribution in [0.1, 0.15) is 0 Å². The molecule has 0 unspecified atom stereocenters. The Kier molecular flexibility index (Phi) is 2.63. The molecule has 0 saturated carbocycles. The van der Waals surface area contributed by atoms with E-state index in [4.69, 9.17) is 5.73 Å². The first-order chi connectivity index (χ1) is 7.20. The summed E-state index contributed by atoms with van der Waals surface area (Å²) < 4.78 is 0. The van der Waals surface area contributed by atoms with Crippen LogP contribution in [0.4, 0.5) is 17.5 Å². The number of nitrogens with zero attached hydrogens (tertiary/aromatic N) is 2. The maximum Gasteiger partial charge on any atom is 0.280 e. The molecule has 0 spiro atoms. The van der Waals surface area contributed by atoms with E-state index in [1.807, 2.05) is 6.26 Å². The molecule has 0 bridgehead atoms. The van der Waals surface area contributed by atoms with Crippen LogP contribution in [0.5, 0.6) is 0 Å². The van der Waals surface area contributed by atoms with Crippen LogP contribution < -0.4 is 16.6 Å². The van der Waals surface area contributed by atoms with Gasteiger partial charge in [-0.2, -0.15) is 16.7 Å². The summed E-state index contributed by atoms with van der Waals surface area (Å²) >= 11 is 1.66. The fourth-order valence-electron chi connectivity index (χ4n) is 1.34. The van der Waals surface area contributed by atoms with Crippen LogP contribution in [0.2, 0.25) is 0 Å². The number of anilines is 2. The highest BCUT2D eigenvalue weighted by Crippen LogP contribution is 2.21. The Morgan fingerprint density at radius 3 is 3.13 bits per heavy atom. The molecule has 0 radical (unpaired) electrons. The third-order valence-corrected chi connectivity index (χ3v) is 2.58. The third-order valence-electron chi connectivity index (χ3n) is 1.95. The molecule has 1 aliphatic heterocycles. The maximum absolute atomic E-state index is 11.5. The van der Waals surface area contributed by atoms with Crippen molar-refractivity contribution >= 4 is 34.9 Å². The molecule has 2 rings (SSSR count). The summed E-state index contributed by atoms with van der Waals surface area (Å²) in [6.45, 7) is 0.615. The number of aromatic nitrogens is 2. The number of aliphatic imine (C=N–C) groups is 1. The topological polar surface area (TPSA) is 96.2 Å². The quantitative estimate of drug-likeness (QED) is 0.668. The molecule has 0 amide bonds. The minimum atomic E-state index is -0.302. The third kappa shape index (κ3) is 1.96. The van der Waals surface area contributed by atoms with E-state index in [-0.39, 0.29) is 11.5 Å². The highest BCUT2D eigenvalue weighted by Gasteiger charge is 2.15. The number of fused-ring (bicyclic) bond motifs is 1. The molecule has 0 aromatic carbocycles. The number of hydrogen-bond acceptors (Lipinski definition) is 6. The molecule has 80 valence electrons. The number of nitrogen functional groups attached to an aromatic ring is 1. The lowest BCUT2D eigenvalue weighted by Gasteiger charge is -2.15. The van der Waals surface area contributed by atoms with Gasteiger partial charge in [0, 0.05) is 11.5 Å². The van der Waals surface area contributed by atoms with Gasteiger partial charge in [0.25, 0.3) is 5.56 Å². The molecule has 4 N–H and O–H groups in total. The Hall–Kier alpha value is -1.50. The molecule has 6 nitrogen and oxygen atoms in total. The minimum absolute atomic E-state index is 0.106. The Bertz CT molecular complexity index is 467. The van der Waals surface area contributed by atoms with Crippen LogP contribution in [-0.2, 0) is 0 Å². The van der Waals surface area contributed by atoms with Crippen LogP contribution in [0.3, 0.4) is 0 Å². The van der Waals surface area contributed by atoms with Crippen molar-refractivity contribution in [2.75, 3.05) is 29.6 Å². The second-order valence-electron chi connectivity index (χ2n) is 3.11. The molecule has 7 heteroatoms. The molecule has 1 aliphatic rings. The summed E-state index contributed by atoms with van der Waals surface area (Å²) in [5.74, 6) is 1.37. The predicted molar refractivity (Wildman–Crippen MR) is 63.2 cm³/mol. The Balaban J connectivity index is 2.46. The summed E-state index contributed by atoms with van der Waals surface area (Å²) in [7, 11) is 0. The number of hydrogen-bond donors (Lipinski definition) is 3. The SMILES string of the molecule is CSCC1=Nc2c(nc(N)[nH]c2=O)NC1. The van der Waals surface area contributed by atoms with Gasteiger partial charge in [0.1, 0.15) is 0 Å². The van der Waals surface area contributed by atoms with E-state index in [0.717, 1.165) is 11.5 Å². The van der Waals surface area contributed by atoms with Crippen LogP contribution in [0, 0.1) is 0 Å². The lowest BCUT2D eigenvalue weighted by molar-refractivity contribution is 1.09. The van der Waals surface area contributed by atoms with E-state index in [2.05, 4.69) is 20.3 Å². The van der Waals surface area contributed by atoms with Crippen molar-refractivity contribution in [3.05, 3.63) is 10.4 Å². The van der Waals surface area contributed by atoms with Crippen molar-refractivity contribution in [2.24, 2.45) is 4.99 Å². The second kappa shape index (κ2) is 3.93. The second-order valence-corrected chi connectivity index (χ2v) is 3.98. The van der Waals surface area contributed by atoms with E-state index in [9.17, 15) is 4.79 Å². The van der Waals surface area contributed by atoms with Crippen molar-refractivity contribution in [1.29, 1.82) is 0 Å². The standard InChI is InChI=1S/C8H11N5OS/c1-15-3-4-2-10-6-5(11-4)7(14)13-8(9)12-6/h2-3H2,1H3,(H4,9,10,12,13,14). The highest BCUT2D eigenvalue weighted by atomic mass is 32.2. The van der Waals surface area contributed by atoms with Gasteiger partial charge in [-0.05, 0) is 6.26 Å². The van der Waals surface area contributed by atoms with Gasteiger partial charge in [0.2, 0.25) is 5.95 Å². The van der Waals surface area contributed by atoms with Crippen molar-refractivity contribution in [3.8, 4) is 0 Å². The average Bonchev–Trinajstić information content (AvgIpc) is 2.19. The summed E-state index contributed by atoms with van der Waals surface area (Å²) in [5.41, 5.74) is 6.37. The molecule has 15 heavy (non-hydrogen) atoms. The van der Waals surface area contributed by atoms with E-state index in [0.29, 0.717) is 18.1 Å². The summed E-state index contributed by atoms with van der Waals surface area (Å²) in [5, 5.41) is 3.02. The van der Waals surface area contributed by atoms with Gasteiger partial charge in [0.15, 0.2) is 11.5 Å². The number of thioether (sulfide) groups is 1. The normalized spacial score (nSPS) is 14.1. The van der Waals surface area contributed by atoms with Gasteiger partial charge in [-0.1, -0.05) is 0 Å². The summed E-state index contributed by atoms with van der Waals surface area (Å²) in [4.78, 5) is 22.1. The molecule has 0 saturated heterocycles. The van der Waals surface area contributed by atoms with Gasteiger partial charge in [-0.3, -0.25) is 9.78 Å².